The summed E-state index contributed by atoms with van der Waals surface area (Å²) in [6.45, 7) is 2.91. The monoisotopic (exact) mass is 552 g/mol. The van der Waals surface area contributed by atoms with E-state index < -0.39 is 59.5 Å². The molecule has 39 heavy (non-hydrogen) atoms. The van der Waals surface area contributed by atoms with Crippen LogP contribution in [-0.4, -0.2) is 68.3 Å². The fourth-order valence-corrected chi connectivity index (χ4v) is 4.67. The SMILES string of the molecule is CC(C)[C@@H](NC(=O)C(F)(F)F)C(=O)N[C@@H]1CN(C(=O)c2nccn3cncc23)CC[C@H]1c1cc(F)cc(F)c1. The van der Waals surface area contributed by atoms with E-state index in [0.29, 0.717) is 11.6 Å². The highest BCUT2D eigenvalue weighted by atomic mass is 19.4. The number of hydrogen-bond donors (Lipinski definition) is 2. The average Bonchev–Trinajstić information content (AvgIpc) is 3.34. The van der Waals surface area contributed by atoms with Gasteiger partial charge in [0.15, 0.2) is 5.69 Å². The van der Waals surface area contributed by atoms with Crippen molar-refractivity contribution in [2.45, 2.75) is 44.4 Å². The first-order valence-electron chi connectivity index (χ1n) is 12.0. The Morgan fingerprint density at radius 3 is 2.44 bits per heavy atom. The van der Waals surface area contributed by atoms with E-state index in [4.69, 9.17) is 0 Å². The molecule has 3 aromatic rings. The smallest absolute Gasteiger partial charge is 0.349 e. The zero-order valence-electron chi connectivity index (χ0n) is 20.9. The van der Waals surface area contributed by atoms with Crippen molar-refractivity contribution >= 4 is 23.2 Å². The molecular formula is C25H25F5N6O3. The molecule has 14 heteroatoms. The highest BCUT2D eigenvalue weighted by Gasteiger charge is 2.42. The van der Waals surface area contributed by atoms with Crippen molar-refractivity contribution < 1.29 is 36.3 Å². The number of imidazole rings is 1. The lowest BCUT2D eigenvalue weighted by molar-refractivity contribution is -0.175. The second-order valence-corrected chi connectivity index (χ2v) is 9.62. The number of carbonyl (C=O) groups is 3. The predicted octanol–water partition coefficient (Wildman–Crippen LogP) is 2.83. The Bertz CT molecular complexity index is 1370. The van der Waals surface area contributed by atoms with E-state index in [9.17, 15) is 36.3 Å². The van der Waals surface area contributed by atoms with Crippen LogP contribution in [0.4, 0.5) is 22.0 Å². The molecule has 1 saturated heterocycles. The van der Waals surface area contributed by atoms with Crippen LogP contribution < -0.4 is 10.6 Å². The third-order valence-corrected chi connectivity index (χ3v) is 6.58. The van der Waals surface area contributed by atoms with Gasteiger partial charge in [-0.1, -0.05) is 13.8 Å². The van der Waals surface area contributed by atoms with E-state index in [1.165, 1.54) is 37.5 Å². The Kier molecular flexibility index (Phi) is 7.84. The largest absolute Gasteiger partial charge is 0.471 e. The maximum Gasteiger partial charge on any atom is 0.471 e. The summed E-state index contributed by atoms with van der Waals surface area (Å²) in [5.74, 6) is -6.81. The number of nitrogens with zero attached hydrogens (tertiary/aromatic N) is 4. The number of benzene rings is 1. The number of rotatable bonds is 6. The van der Waals surface area contributed by atoms with Gasteiger partial charge in [-0.2, -0.15) is 13.2 Å². The van der Waals surface area contributed by atoms with Crippen LogP contribution in [0.15, 0.2) is 43.1 Å². The number of alkyl halides is 3. The summed E-state index contributed by atoms with van der Waals surface area (Å²) in [6, 6.07) is 0.381. The Morgan fingerprint density at radius 1 is 1.10 bits per heavy atom. The maximum absolute atomic E-state index is 14.0. The predicted molar refractivity (Wildman–Crippen MR) is 127 cm³/mol. The van der Waals surface area contributed by atoms with Crippen LogP contribution in [-0.2, 0) is 9.59 Å². The average molecular weight is 553 g/mol. The Morgan fingerprint density at radius 2 is 1.79 bits per heavy atom. The van der Waals surface area contributed by atoms with Gasteiger partial charge in [-0.05, 0) is 30.0 Å². The zero-order chi connectivity index (χ0) is 28.5. The fraction of sp³-hybridized carbons (Fsp3) is 0.400. The molecule has 1 aliphatic heterocycles. The summed E-state index contributed by atoms with van der Waals surface area (Å²) < 4.78 is 68.3. The van der Waals surface area contributed by atoms with Crippen molar-refractivity contribution in [1.82, 2.24) is 29.9 Å². The van der Waals surface area contributed by atoms with Crippen LogP contribution in [0.3, 0.4) is 0 Å². The van der Waals surface area contributed by atoms with Crippen molar-refractivity contribution in [3.63, 3.8) is 0 Å². The van der Waals surface area contributed by atoms with Crippen molar-refractivity contribution in [1.29, 1.82) is 0 Å². The minimum atomic E-state index is -5.20. The second-order valence-electron chi connectivity index (χ2n) is 9.62. The van der Waals surface area contributed by atoms with Gasteiger partial charge in [0.25, 0.3) is 5.91 Å². The molecule has 2 aromatic heterocycles. The molecule has 0 radical (unpaired) electrons. The van der Waals surface area contributed by atoms with Gasteiger partial charge < -0.3 is 19.9 Å². The van der Waals surface area contributed by atoms with Gasteiger partial charge in [0.1, 0.15) is 17.7 Å². The van der Waals surface area contributed by atoms with Gasteiger partial charge in [-0.25, -0.2) is 18.7 Å². The highest BCUT2D eigenvalue weighted by molar-refractivity contribution is 5.98. The normalized spacial score (nSPS) is 18.7. The molecule has 3 amide bonds. The van der Waals surface area contributed by atoms with Gasteiger partial charge in [-0.3, -0.25) is 14.4 Å². The number of likely N-dealkylation sites (tertiary alicyclic amines) is 1. The van der Waals surface area contributed by atoms with Gasteiger partial charge in [0.05, 0.1) is 24.1 Å². The first kappa shape index (κ1) is 27.9. The van der Waals surface area contributed by atoms with Crippen LogP contribution in [0.5, 0.6) is 0 Å². The standard InChI is InChI=1S/C25H25F5N6O3/c1-13(2)20(34-24(39)25(28,29)30)22(37)33-18-11-35(5-3-17(18)14-7-15(26)9-16(27)8-14)23(38)21-19-10-31-12-36(19)6-4-32-21/h4,6-10,12-13,17-18,20H,3,5,11H2,1-2H3,(H,33,37)(H,34,39)/t17-,18+,20+/m0/s1. The number of piperidine rings is 1. The summed E-state index contributed by atoms with van der Waals surface area (Å²) in [5, 5.41) is 4.31. The van der Waals surface area contributed by atoms with Crippen LogP contribution in [0.2, 0.25) is 0 Å². The van der Waals surface area contributed by atoms with Crippen LogP contribution in [0.25, 0.3) is 5.52 Å². The molecule has 2 N–H and O–H groups in total. The number of carbonyl (C=O) groups excluding carboxylic acids is 3. The van der Waals surface area contributed by atoms with Crippen LogP contribution >= 0.6 is 0 Å². The number of amides is 3. The summed E-state index contributed by atoms with van der Waals surface area (Å²) in [7, 11) is 0. The van der Waals surface area contributed by atoms with E-state index in [0.717, 1.165) is 12.1 Å². The minimum Gasteiger partial charge on any atom is -0.349 e. The lowest BCUT2D eigenvalue weighted by atomic mass is 9.84. The molecule has 4 rings (SSSR count). The molecule has 3 heterocycles. The zero-order valence-corrected chi connectivity index (χ0v) is 20.9. The molecule has 0 saturated carbocycles. The number of aromatic nitrogens is 3. The Hall–Kier alpha value is -4.10. The molecule has 1 aromatic carbocycles. The van der Waals surface area contributed by atoms with Crippen LogP contribution in [0.1, 0.15) is 42.2 Å². The van der Waals surface area contributed by atoms with Crippen molar-refractivity contribution in [3.8, 4) is 0 Å². The molecule has 0 bridgehead atoms. The minimum absolute atomic E-state index is 0.0906. The number of halogens is 5. The molecule has 0 unspecified atom stereocenters. The van der Waals surface area contributed by atoms with E-state index in [-0.39, 0.29) is 30.8 Å². The van der Waals surface area contributed by atoms with E-state index in [2.05, 4.69) is 15.3 Å². The van der Waals surface area contributed by atoms with Crippen molar-refractivity contribution in [2.24, 2.45) is 5.92 Å². The molecule has 208 valence electrons. The summed E-state index contributed by atoms with van der Waals surface area (Å²) in [4.78, 5) is 47.6. The van der Waals surface area contributed by atoms with Gasteiger partial charge in [-0.15, -0.1) is 0 Å². The van der Waals surface area contributed by atoms with E-state index in [1.807, 2.05) is 0 Å². The molecule has 1 fully saturated rings. The molecule has 3 atom stereocenters. The van der Waals surface area contributed by atoms with E-state index >= 15 is 0 Å². The lowest BCUT2D eigenvalue weighted by Crippen LogP contribution is -2.59. The first-order valence-corrected chi connectivity index (χ1v) is 12.0. The second kappa shape index (κ2) is 10.9. The topological polar surface area (TPSA) is 109 Å². The fourth-order valence-electron chi connectivity index (χ4n) is 4.67. The Balaban J connectivity index is 1.63. The summed E-state index contributed by atoms with van der Waals surface area (Å²) in [6.07, 6.45) is 0.934. The van der Waals surface area contributed by atoms with Crippen molar-refractivity contribution in [2.75, 3.05) is 13.1 Å². The quantitative estimate of drug-likeness (QED) is 0.458. The lowest BCUT2D eigenvalue weighted by Gasteiger charge is -2.40. The molecule has 0 spiro atoms. The van der Waals surface area contributed by atoms with Gasteiger partial charge >= 0.3 is 12.1 Å². The van der Waals surface area contributed by atoms with Crippen molar-refractivity contribution in [3.05, 3.63) is 66.0 Å². The van der Waals surface area contributed by atoms with Gasteiger partial charge in [0.2, 0.25) is 5.91 Å². The maximum atomic E-state index is 14.0. The van der Waals surface area contributed by atoms with E-state index in [1.54, 1.807) is 15.9 Å². The first-order chi connectivity index (χ1) is 18.3. The summed E-state index contributed by atoms with van der Waals surface area (Å²) >= 11 is 0. The third-order valence-electron chi connectivity index (χ3n) is 6.58. The molecule has 1 aliphatic rings. The highest BCUT2D eigenvalue weighted by Crippen LogP contribution is 2.31. The summed E-state index contributed by atoms with van der Waals surface area (Å²) in [5.41, 5.74) is 0.737. The molecule has 0 aliphatic carbocycles. The molecule has 9 nitrogen and oxygen atoms in total. The number of hydrogen-bond acceptors (Lipinski definition) is 5. The van der Waals surface area contributed by atoms with Crippen LogP contribution in [0, 0.1) is 17.6 Å². The molecular weight excluding hydrogens is 527 g/mol. The third kappa shape index (κ3) is 6.15. The number of fused-ring (bicyclic) bond motifs is 1. The number of nitrogens with one attached hydrogen (secondary N) is 2. The Labute approximate surface area is 219 Å². The van der Waals surface area contributed by atoms with Gasteiger partial charge in [0, 0.05) is 37.5 Å².